The fraction of sp³-hybridized carbons (Fsp3) is 0.133. The highest BCUT2D eigenvalue weighted by Crippen LogP contribution is 2.25. The number of nitrogens with zero attached hydrogens (tertiary/aromatic N) is 4. The quantitative estimate of drug-likeness (QED) is 0.746. The Kier molecular flexibility index (Phi) is 3.72. The average molecular weight is 316 g/mol. The molecule has 3 rings (SSSR count). The van der Waals surface area contributed by atoms with Crippen molar-refractivity contribution in [3.8, 4) is 16.4 Å². The number of carbonyl (C=O) groups is 1. The van der Waals surface area contributed by atoms with Gasteiger partial charge >= 0.3 is 0 Å². The summed E-state index contributed by atoms with van der Waals surface area (Å²) >= 11 is 1.50. The highest BCUT2D eigenvalue weighted by molar-refractivity contribution is 7.13. The van der Waals surface area contributed by atoms with Crippen LogP contribution >= 0.6 is 11.3 Å². The van der Waals surface area contributed by atoms with Crippen molar-refractivity contribution >= 4 is 17.2 Å². The summed E-state index contributed by atoms with van der Waals surface area (Å²) in [5.74, 6) is 0.0642. The highest BCUT2D eigenvalue weighted by Gasteiger charge is 2.20. The van der Waals surface area contributed by atoms with E-state index in [2.05, 4.69) is 10.1 Å². The molecular formula is C15H13FN4OS. The molecule has 1 aromatic carbocycles. The van der Waals surface area contributed by atoms with Gasteiger partial charge in [0.2, 0.25) is 5.82 Å². The lowest BCUT2D eigenvalue weighted by Gasteiger charge is -2.05. The van der Waals surface area contributed by atoms with Crippen molar-refractivity contribution in [2.45, 2.75) is 0 Å². The van der Waals surface area contributed by atoms with E-state index in [-0.39, 0.29) is 17.5 Å². The van der Waals surface area contributed by atoms with Gasteiger partial charge in [0.05, 0.1) is 10.6 Å². The number of carbonyl (C=O) groups excluding carboxylic acids is 1. The number of benzene rings is 1. The van der Waals surface area contributed by atoms with Gasteiger partial charge in [-0.1, -0.05) is 6.07 Å². The normalized spacial score (nSPS) is 10.7. The maximum Gasteiger partial charge on any atom is 0.293 e. The second-order valence-electron chi connectivity index (χ2n) is 4.82. The van der Waals surface area contributed by atoms with E-state index in [9.17, 15) is 9.18 Å². The summed E-state index contributed by atoms with van der Waals surface area (Å²) in [6.07, 6.45) is 0. The number of rotatable bonds is 3. The minimum atomic E-state index is -0.328. The van der Waals surface area contributed by atoms with Crippen LogP contribution in [0.2, 0.25) is 0 Å². The van der Waals surface area contributed by atoms with Crippen LogP contribution in [0.3, 0.4) is 0 Å². The number of hydrogen-bond donors (Lipinski definition) is 0. The topological polar surface area (TPSA) is 51.0 Å². The molecule has 1 amide bonds. The molecule has 22 heavy (non-hydrogen) atoms. The third-order valence-corrected chi connectivity index (χ3v) is 3.88. The molecular weight excluding hydrogens is 303 g/mol. The molecule has 112 valence electrons. The van der Waals surface area contributed by atoms with Gasteiger partial charge in [-0.2, -0.15) is 0 Å². The van der Waals surface area contributed by atoms with Crippen LogP contribution in [0.15, 0.2) is 41.8 Å². The Labute approximate surface area is 130 Å². The minimum absolute atomic E-state index is 0.109. The van der Waals surface area contributed by atoms with E-state index >= 15 is 0 Å². The molecule has 0 aliphatic carbocycles. The van der Waals surface area contributed by atoms with Crippen molar-refractivity contribution < 1.29 is 9.18 Å². The first-order valence-electron chi connectivity index (χ1n) is 6.55. The van der Waals surface area contributed by atoms with E-state index in [1.807, 2.05) is 17.5 Å². The van der Waals surface area contributed by atoms with Crippen molar-refractivity contribution in [2.75, 3.05) is 14.1 Å². The number of amides is 1. The Hall–Kier alpha value is -2.54. The third-order valence-electron chi connectivity index (χ3n) is 3.02. The largest absolute Gasteiger partial charge is 0.342 e. The summed E-state index contributed by atoms with van der Waals surface area (Å²) in [6.45, 7) is 0. The Morgan fingerprint density at radius 1 is 1.23 bits per heavy atom. The lowest BCUT2D eigenvalue weighted by Crippen LogP contribution is -2.23. The van der Waals surface area contributed by atoms with Gasteiger partial charge in [0.1, 0.15) is 5.82 Å². The second kappa shape index (κ2) is 5.69. The first-order chi connectivity index (χ1) is 10.6. The molecule has 0 radical (unpaired) electrons. The summed E-state index contributed by atoms with van der Waals surface area (Å²) in [4.78, 5) is 18.7. The van der Waals surface area contributed by atoms with Crippen molar-refractivity contribution in [3.63, 3.8) is 0 Å². The zero-order valence-corrected chi connectivity index (χ0v) is 12.8. The van der Waals surface area contributed by atoms with E-state index in [4.69, 9.17) is 0 Å². The summed E-state index contributed by atoms with van der Waals surface area (Å²) in [5.41, 5.74) is 0.648. The van der Waals surface area contributed by atoms with Gasteiger partial charge in [0, 0.05) is 14.1 Å². The van der Waals surface area contributed by atoms with E-state index in [0.717, 1.165) is 4.88 Å². The van der Waals surface area contributed by atoms with E-state index in [1.54, 1.807) is 30.9 Å². The molecule has 2 heterocycles. The average Bonchev–Trinajstić information content (AvgIpc) is 3.16. The Morgan fingerprint density at radius 3 is 2.55 bits per heavy atom. The van der Waals surface area contributed by atoms with Crippen molar-refractivity contribution in [1.82, 2.24) is 19.7 Å². The fourth-order valence-corrected chi connectivity index (χ4v) is 2.63. The Morgan fingerprint density at radius 2 is 1.95 bits per heavy atom. The molecule has 3 aromatic rings. The van der Waals surface area contributed by atoms with E-state index < -0.39 is 0 Å². The third kappa shape index (κ3) is 2.62. The fourth-order valence-electron chi connectivity index (χ4n) is 1.93. The van der Waals surface area contributed by atoms with Gasteiger partial charge in [-0.25, -0.2) is 14.1 Å². The molecule has 0 saturated heterocycles. The molecule has 0 saturated carbocycles. The number of hydrogen-bond acceptors (Lipinski definition) is 4. The smallest absolute Gasteiger partial charge is 0.293 e. The van der Waals surface area contributed by atoms with Crippen LogP contribution in [-0.4, -0.2) is 39.7 Å². The lowest BCUT2D eigenvalue weighted by molar-refractivity contribution is 0.0816. The summed E-state index contributed by atoms with van der Waals surface area (Å²) in [5, 5.41) is 6.21. The van der Waals surface area contributed by atoms with Crippen LogP contribution in [0.5, 0.6) is 0 Å². The van der Waals surface area contributed by atoms with Crippen LogP contribution in [-0.2, 0) is 0 Å². The Bertz CT molecular complexity index is 794. The summed E-state index contributed by atoms with van der Waals surface area (Å²) in [7, 11) is 3.29. The Balaban J connectivity index is 2.14. The molecule has 0 bridgehead atoms. The number of aromatic nitrogens is 3. The zero-order chi connectivity index (χ0) is 15.7. The summed E-state index contributed by atoms with van der Waals surface area (Å²) in [6, 6.07) is 9.71. The van der Waals surface area contributed by atoms with Gasteiger partial charge in [-0.05, 0) is 35.7 Å². The molecule has 0 aliphatic rings. The molecule has 0 aliphatic heterocycles. The van der Waals surface area contributed by atoms with E-state index in [0.29, 0.717) is 11.5 Å². The second-order valence-corrected chi connectivity index (χ2v) is 5.77. The molecule has 5 nitrogen and oxygen atoms in total. The van der Waals surface area contributed by atoms with Crippen LogP contribution in [0.25, 0.3) is 16.4 Å². The van der Waals surface area contributed by atoms with Crippen LogP contribution < -0.4 is 0 Å². The molecule has 0 spiro atoms. The maximum atomic E-state index is 13.1. The molecule has 2 aromatic heterocycles. The predicted octanol–water partition coefficient (Wildman–Crippen LogP) is 2.84. The van der Waals surface area contributed by atoms with Gasteiger partial charge in [-0.15, -0.1) is 16.4 Å². The SMILES string of the molecule is CN(C)C(=O)c1nc(-c2cccs2)n(-c2ccc(F)cc2)n1. The number of halogens is 1. The predicted molar refractivity (Wildman–Crippen MR) is 82.6 cm³/mol. The van der Waals surface area contributed by atoms with Crippen LogP contribution in [0.1, 0.15) is 10.6 Å². The molecule has 7 heteroatoms. The zero-order valence-electron chi connectivity index (χ0n) is 12.0. The van der Waals surface area contributed by atoms with Crippen LogP contribution in [0, 0.1) is 5.82 Å². The maximum absolute atomic E-state index is 13.1. The van der Waals surface area contributed by atoms with Crippen molar-refractivity contribution in [3.05, 3.63) is 53.4 Å². The summed E-state index contributed by atoms with van der Waals surface area (Å²) < 4.78 is 14.7. The van der Waals surface area contributed by atoms with Gasteiger partial charge in [0.25, 0.3) is 5.91 Å². The number of thiophene rings is 1. The molecule has 0 N–H and O–H groups in total. The first-order valence-corrected chi connectivity index (χ1v) is 7.43. The van der Waals surface area contributed by atoms with Crippen LogP contribution in [0.4, 0.5) is 4.39 Å². The molecule has 0 fully saturated rings. The first kappa shape index (κ1) is 14.4. The van der Waals surface area contributed by atoms with Gasteiger partial charge in [-0.3, -0.25) is 4.79 Å². The molecule has 0 unspecified atom stereocenters. The molecule has 0 atom stereocenters. The highest BCUT2D eigenvalue weighted by atomic mass is 32.1. The van der Waals surface area contributed by atoms with Gasteiger partial charge < -0.3 is 4.90 Å². The standard InChI is InChI=1S/C15H13FN4OS/c1-19(2)15(21)13-17-14(12-4-3-9-22-12)20(18-13)11-7-5-10(16)6-8-11/h3-9H,1-2H3. The van der Waals surface area contributed by atoms with Crippen molar-refractivity contribution in [1.29, 1.82) is 0 Å². The monoisotopic (exact) mass is 316 g/mol. The minimum Gasteiger partial charge on any atom is -0.342 e. The van der Waals surface area contributed by atoms with Crippen molar-refractivity contribution in [2.24, 2.45) is 0 Å². The van der Waals surface area contributed by atoms with Gasteiger partial charge in [0.15, 0.2) is 5.82 Å². The lowest BCUT2D eigenvalue weighted by atomic mass is 10.3. The van der Waals surface area contributed by atoms with E-state index in [1.165, 1.54) is 28.4 Å².